The molecule has 1 radical (unpaired) electrons. The van der Waals surface area contributed by atoms with Crippen LogP contribution in [-0.4, -0.2) is 20.2 Å². The largest absolute Gasteiger partial charge is 0.242 e. The van der Waals surface area contributed by atoms with Crippen LogP contribution in [0.3, 0.4) is 0 Å². The molecule has 0 saturated heterocycles. The molecule has 0 bridgehead atoms. The topological polar surface area (TPSA) is 51.6 Å². The minimum Gasteiger partial charge on any atom is -0.242 e. The van der Waals surface area contributed by atoms with Gasteiger partial charge in [0.2, 0.25) is 0 Å². The average molecular weight is 131 g/mol. The second-order valence-corrected chi connectivity index (χ2v) is 1.75. The maximum Gasteiger partial charge on any atom is 0.130 e. The third-order valence-electron chi connectivity index (χ3n) is 1.12. The lowest BCUT2D eigenvalue weighted by molar-refractivity contribution is 1.05. The van der Waals surface area contributed by atoms with Gasteiger partial charge in [-0.05, 0) is 0 Å². The third kappa shape index (κ3) is 0.699. The Balaban J connectivity index is 2.89. The molecule has 0 spiro atoms. The van der Waals surface area contributed by atoms with Gasteiger partial charge in [0.05, 0.1) is 12.4 Å². The van der Waals surface area contributed by atoms with Crippen molar-refractivity contribution in [3.05, 3.63) is 24.8 Å². The fourth-order valence-corrected chi connectivity index (χ4v) is 0.688. The van der Waals surface area contributed by atoms with Crippen molar-refractivity contribution < 1.29 is 0 Å². The Hall–Kier alpha value is -1.58. The molecule has 47 valence electrons. The number of hydrogen-bond donors (Lipinski definition) is 0. The molecule has 10 heavy (non-hydrogen) atoms. The van der Waals surface area contributed by atoms with Crippen LogP contribution in [0.4, 0.5) is 0 Å². The molecular weight excluding hydrogens is 128 g/mol. The highest BCUT2D eigenvalue weighted by molar-refractivity contribution is 5.70. The molecule has 0 atom stereocenters. The Morgan fingerprint density at radius 3 is 3.30 bits per heavy atom. The van der Waals surface area contributed by atoms with E-state index in [0.717, 1.165) is 0 Å². The van der Waals surface area contributed by atoms with Crippen molar-refractivity contribution >= 4 is 11.0 Å². The highest BCUT2D eigenvalue weighted by atomic mass is 15.1. The lowest BCUT2D eigenvalue weighted by atomic mass is 10.4. The Kier molecular flexibility index (Phi) is 1.04. The summed E-state index contributed by atoms with van der Waals surface area (Å²) in [5.41, 5.74) is 1.37. The SMILES string of the molecule is [c]1cnnc2cncnc12. The van der Waals surface area contributed by atoms with Crippen molar-refractivity contribution in [2.75, 3.05) is 0 Å². The normalized spacial score (nSPS) is 10.0. The lowest BCUT2D eigenvalue weighted by Gasteiger charge is -1.88. The molecule has 0 N–H and O–H groups in total. The van der Waals surface area contributed by atoms with E-state index >= 15 is 0 Å². The summed E-state index contributed by atoms with van der Waals surface area (Å²) in [5, 5.41) is 7.40. The van der Waals surface area contributed by atoms with Gasteiger partial charge in [0, 0.05) is 6.07 Å². The number of nitrogens with zero attached hydrogens (tertiary/aromatic N) is 4. The highest BCUT2D eigenvalue weighted by Gasteiger charge is 1.91. The first kappa shape index (κ1) is 5.22. The summed E-state index contributed by atoms with van der Waals surface area (Å²) in [4.78, 5) is 7.69. The van der Waals surface area contributed by atoms with E-state index in [-0.39, 0.29) is 0 Å². The van der Waals surface area contributed by atoms with E-state index in [2.05, 4.69) is 26.2 Å². The number of aromatic nitrogens is 4. The van der Waals surface area contributed by atoms with E-state index in [1.807, 2.05) is 0 Å². The second kappa shape index (κ2) is 1.98. The lowest BCUT2D eigenvalue weighted by Crippen LogP contribution is -1.85. The number of hydrogen-bond acceptors (Lipinski definition) is 4. The van der Waals surface area contributed by atoms with Gasteiger partial charge in [-0.15, -0.1) is 5.10 Å². The van der Waals surface area contributed by atoms with Gasteiger partial charge in [0.15, 0.2) is 0 Å². The molecule has 4 heteroatoms. The predicted molar refractivity (Wildman–Crippen MR) is 34.0 cm³/mol. The van der Waals surface area contributed by atoms with Gasteiger partial charge in [0.25, 0.3) is 0 Å². The minimum absolute atomic E-state index is 0.671. The summed E-state index contributed by atoms with van der Waals surface area (Å²) in [6.07, 6.45) is 4.54. The Labute approximate surface area is 57.0 Å². The van der Waals surface area contributed by atoms with Crippen LogP contribution in [-0.2, 0) is 0 Å². The number of rotatable bonds is 0. The van der Waals surface area contributed by atoms with Crippen molar-refractivity contribution in [3.63, 3.8) is 0 Å². The van der Waals surface area contributed by atoms with Gasteiger partial charge >= 0.3 is 0 Å². The van der Waals surface area contributed by atoms with E-state index in [1.54, 1.807) is 6.20 Å². The molecule has 2 rings (SSSR count). The van der Waals surface area contributed by atoms with Gasteiger partial charge < -0.3 is 0 Å². The summed E-state index contributed by atoms with van der Waals surface area (Å²) in [5.74, 6) is 0. The maximum atomic E-state index is 3.91. The Morgan fingerprint density at radius 2 is 2.40 bits per heavy atom. The molecule has 0 fully saturated rings. The quantitative estimate of drug-likeness (QED) is 0.513. The predicted octanol–water partition coefficient (Wildman–Crippen LogP) is 0.220. The van der Waals surface area contributed by atoms with E-state index in [9.17, 15) is 0 Å². The Morgan fingerprint density at radius 1 is 1.40 bits per heavy atom. The smallest absolute Gasteiger partial charge is 0.130 e. The zero-order valence-corrected chi connectivity index (χ0v) is 5.02. The molecule has 0 aliphatic rings. The van der Waals surface area contributed by atoms with Crippen LogP contribution >= 0.6 is 0 Å². The molecule has 0 aromatic carbocycles. The second-order valence-electron chi connectivity index (χ2n) is 1.75. The first-order chi connectivity index (χ1) is 4.97. The zero-order chi connectivity index (χ0) is 6.81. The van der Waals surface area contributed by atoms with Crippen molar-refractivity contribution in [1.29, 1.82) is 0 Å². The molecule has 2 aromatic rings. The van der Waals surface area contributed by atoms with Crippen molar-refractivity contribution in [2.24, 2.45) is 0 Å². The molecule has 0 aliphatic heterocycles. The van der Waals surface area contributed by atoms with E-state index in [1.165, 1.54) is 12.5 Å². The van der Waals surface area contributed by atoms with Gasteiger partial charge in [-0.2, -0.15) is 5.10 Å². The van der Waals surface area contributed by atoms with Gasteiger partial charge in [-0.1, -0.05) is 0 Å². The maximum absolute atomic E-state index is 3.91. The Bertz CT molecular complexity index is 281. The summed E-state index contributed by atoms with van der Waals surface area (Å²) in [6, 6.07) is 2.83. The van der Waals surface area contributed by atoms with Crippen LogP contribution in [0.2, 0.25) is 0 Å². The average Bonchev–Trinajstić information content (AvgIpc) is 2.05. The molecule has 4 nitrogen and oxygen atoms in total. The molecular formula is C6H3N4. The van der Waals surface area contributed by atoms with Crippen molar-refractivity contribution in [1.82, 2.24) is 20.2 Å². The van der Waals surface area contributed by atoms with E-state index in [0.29, 0.717) is 11.0 Å². The van der Waals surface area contributed by atoms with Crippen molar-refractivity contribution in [3.8, 4) is 0 Å². The van der Waals surface area contributed by atoms with Crippen LogP contribution < -0.4 is 0 Å². The first-order valence-corrected chi connectivity index (χ1v) is 2.76. The fourth-order valence-electron chi connectivity index (χ4n) is 0.688. The van der Waals surface area contributed by atoms with Crippen LogP contribution in [0.5, 0.6) is 0 Å². The van der Waals surface area contributed by atoms with E-state index in [4.69, 9.17) is 0 Å². The number of fused-ring (bicyclic) bond motifs is 1. The summed E-state index contributed by atoms with van der Waals surface area (Å²) in [6.45, 7) is 0. The standard InChI is InChI=1S/C6H3N4/c1-2-9-10-6-3-7-4-8-5(1)6/h2-4H. The molecule has 0 aliphatic carbocycles. The molecule has 2 aromatic heterocycles. The molecule has 2 heterocycles. The summed E-state index contributed by atoms with van der Waals surface area (Å²) < 4.78 is 0. The van der Waals surface area contributed by atoms with Crippen LogP contribution in [0.15, 0.2) is 18.7 Å². The first-order valence-electron chi connectivity index (χ1n) is 2.76. The van der Waals surface area contributed by atoms with Crippen LogP contribution in [0, 0.1) is 6.07 Å². The van der Waals surface area contributed by atoms with Crippen molar-refractivity contribution in [2.45, 2.75) is 0 Å². The molecule has 0 saturated carbocycles. The van der Waals surface area contributed by atoms with Gasteiger partial charge in [-0.3, -0.25) is 0 Å². The van der Waals surface area contributed by atoms with Gasteiger partial charge in [0.1, 0.15) is 17.4 Å². The summed E-state index contributed by atoms with van der Waals surface area (Å²) in [7, 11) is 0. The minimum atomic E-state index is 0.671. The van der Waals surface area contributed by atoms with E-state index < -0.39 is 0 Å². The zero-order valence-electron chi connectivity index (χ0n) is 5.02. The highest BCUT2D eigenvalue weighted by Crippen LogP contribution is 1.99. The molecule has 0 amide bonds. The third-order valence-corrected chi connectivity index (χ3v) is 1.12. The van der Waals surface area contributed by atoms with Crippen LogP contribution in [0.1, 0.15) is 0 Å². The monoisotopic (exact) mass is 131 g/mol. The van der Waals surface area contributed by atoms with Gasteiger partial charge in [-0.25, -0.2) is 9.97 Å². The van der Waals surface area contributed by atoms with Crippen LogP contribution in [0.25, 0.3) is 11.0 Å². The fraction of sp³-hybridized carbons (Fsp3) is 0. The summed E-state index contributed by atoms with van der Waals surface area (Å²) >= 11 is 0. The molecule has 0 unspecified atom stereocenters.